The highest BCUT2D eigenvalue weighted by Gasteiger charge is 2.21. The number of nitrogens with one attached hydrogen (secondary N) is 1. The number of carbonyl (C=O) groups is 1. The number of furan rings is 1. The van der Waals surface area contributed by atoms with Gasteiger partial charge in [-0.2, -0.15) is 0 Å². The molecule has 104 valence electrons. The Morgan fingerprint density at radius 1 is 1.20 bits per heavy atom. The van der Waals surface area contributed by atoms with Gasteiger partial charge in [0, 0.05) is 24.3 Å². The van der Waals surface area contributed by atoms with E-state index in [1.165, 1.54) is 0 Å². The van der Waals surface area contributed by atoms with E-state index in [1.807, 2.05) is 41.3 Å². The number of anilines is 2. The van der Waals surface area contributed by atoms with E-state index in [-0.39, 0.29) is 5.91 Å². The summed E-state index contributed by atoms with van der Waals surface area (Å²) < 4.78 is 6.39. The van der Waals surface area contributed by atoms with Crippen molar-refractivity contribution >= 4 is 39.9 Å². The molecular weight excluding hydrogens is 367 g/mol. The third-order valence-corrected chi connectivity index (χ3v) is 3.93. The summed E-state index contributed by atoms with van der Waals surface area (Å²) in [6.45, 7) is 1.49. The second kappa shape index (κ2) is 5.87. The van der Waals surface area contributed by atoms with E-state index in [4.69, 9.17) is 4.42 Å². The van der Waals surface area contributed by atoms with Crippen molar-refractivity contribution in [2.75, 3.05) is 16.8 Å². The van der Waals surface area contributed by atoms with Crippen LogP contribution in [0.1, 0.15) is 18.6 Å². The normalized spacial score (nSPS) is 14.8. The highest BCUT2D eigenvalue weighted by molar-refractivity contribution is 14.1. The topological polar surface area (TPSA) is 45.5 Å². The molecule has 1 aromatic carbocycles. The predicted octanol–water partition coefficient (Wildman–Crippen LogP) is 3.62. The summed E-state index contributed by atoms with van der Waals surface area (Å²) in [4.78, 5) is 13.5. The van der Waals surface area contributed by atoms with Crippen LogP contribution in [0.25, 0.3) is 0 Å². The third kappa shape index (κ3) is 2.98. The Labute approximate surface area is 131 Å². The predicted molar refractivity (Wildman–Crippen MR) is 86.8 cm³/mol. The molecule has 0 saturated carbocycles. The SMILES string of the molecule is O=C1CCCN1c1ccc(NCc2ccc(I)o2)cc1. The van der Waals surface area contributed by atoms with E-state index in [9.17, 15) is 4.79 Å². The van der Waals surface area contributed by atoms with Crippen molar-refractivity contribution in [2.24, 2.45) is 0 Å². The van der Waals surface area contributed by atoms with Crippen molar-refractivity contribution in [1.29, 1.82) is 0 Å². The molecule has 20 heavy (non-hydrogen) atoms. The first-order valence-corrected chi connectivity index (χ1v) is 7.69. The number of carbonyl (C=O) groups excluding carboxylic acids is 1. The first-order chi connectivity index (χ1) is 9.72. The summed E-state index contributed by atoms with van der Waals surface area (Å²) >= 11 is 2.15. The third-order valence-electron chi connectivity index (χ3n) is 3.35. The van der Waals surface area contributed by atoms with E-state index in [2.05, 4.69) is 27.9 Å². The molecule has 1 aromatic heterocycles. The molecule has 0 atom stereocenters. The second-order valence-electron chi connectivity index (χ2n) is 4.76. The van der Waals surface area contributed by atoms with Crippen LogP contribution in [0.2, 0.25) is 0 Å². The number of halogens is 1. The summed E-state index contributed by atoms with van der Waals surface area (Å²) in [5.74, 6) is 1.13. The maximum Gasteiger partial charge on any atom is 0.227 e. The van der Waals surface area contributed by atoms with Crippen LogP contribution in [0.15, 0.2) is 40.8 Å². The van der Waals surface area contributed by atoms with E-state index < -0.39 is 0 Å². The fraction of sp³-hybridized carbons (Fsp3) is 0.267. The van der Waals surface area contributed by atoms with Crippen molar-refractivity contribution in [3.05, 3.63) is 45.9 Å². The van der Waals surface area contributed by atoms with Gasteiger partial charge in [0.2, 0.25) is 5.91 Å². The largest absolute Gasteiger partial charge is 0.454 e. The molecule has 1 saturated heterocycles. The Morgan fingerprint density at radius 2 is 2.00 bits per heavy atom. The number of hydrogen-bond donors (Lipinski definition) is 1. The van der Waals surface area contributed by atoms with Crippen molar-refractivity contribution in [1.82, 2.24) is 0 Å². The van der Waals surface area contributed by atoms with Crippen LogP contribution in [0, 0.1) is 3.77 Å². The van der Waals surface area contributed by atoms with E-state index in [0.29, 0.717) is 13.0 Å². The molecule has 1 aliphatic rings. The van der Waals surface area contributed by atoms with E-state index in [1.54, 1.807) is 0 Å². The second-order valence-corrected chi connectivity index (χ2v) is 5.82. The summed E-state index contributed by atoms with van der Waals surface area (Å²) in [5.41, 5.74) is 2.00. The summed E-state index contributed by atoms with van der Waals surface area (Å²) in [5, 5.41) is 3.30. The smallest absolute Gasteiger partial charge is 0.227 e. The van der Waals surface area contributed by atoms with Crippen LogP contribution in [0.5, 0.6) is 0 Å². The van der Waals surface area contributed by atoms with Gasteiger partial charge in [-0.05, 0) is 65.4 Å². The Bertz CT molecular complexity index is 607. The van der Waals surface area contributed by atoms with Crippen LogP contribution in [-0.4, -0.2) is 12.5 Å². The van der Waals surface area contributed by atoms with Crippen molar-refractivity contribution in [2.45, 2.75) is 19.4 Å². The molecule has 0 unspecified atom stereocenters. The molecule has 0 radical (unpaired) electrons. The van der Waals surface area contributed by atoms with Crippen molar-refractivity contribution in [3.63, 3.8) is 0 Å². The number of benzene rings is 1. The maximum atomic E-state index is 11.7. The minimum atomic E-state index is 0.218. The molecule has 0 spiro atoms. The van der Waals surface area contributed by atoms with Gasteiger partial charge in [0.15, 0.2) is 3.77 Å². The van der Waals surface area contributed by atoms with Gasteiger partial charge < -0.3 is 14.6 Å². The van der Waals surface area contributed by atoms with Gasteiger partial charge in [-0.3, -0.25) is 4.79 Å². The van der Waals surface area contributed by atoms with Gasteiger partial charge in [0.25, 0.3) is 0 Å². The van der Waals surface area contributed by atoms with Crippen LogP contribution in [0.3, 0.4) is 0 Å². The standard InChI is InChI=1S/C15H15IN2O2/c16-14-8-7-13(20-14)10-17-11-3-5-12(6-4-11)18-9-1-2-15(18)19/h3-8,17H,1-2,9-10H2. The Hall–Kier alpha value is -1.50. The molecule has 1 amide bonds. The first kappa shape index (κ1) is 13.5. The maximum absolute atomic E-state index is 11.7. The average molecular weight is 382 g/mol. The summed E-state index contributed by atoms with van der Waals surface area (Å²) in [7, 11) is 0. The number of hydrogen-bond acceptors (Lipinski definition) is 3. The van der Waals surface area contributed by atoms with Crippen LogP contribution in [0.4, 0.5) is 11.4 Å². The molecular formula is C15H15IN2O2. The minimum absolute atomic E-state index is 0.218. The Balaban J connectivity index is 1.62. The molecule has 2 aromatic rings. The number of rotatable bonds is 4. The lowest BCUT2D eigenvalue weighted by Crippen LogP contribution is -2.23. The van der Waals surface area contributed by atoms with Gasteiger partial charge in [-0.1, -0.05) is 0 Å². The zero-order chi connectivity index (χ0) is 13.9. The van der Waals surface area contributed by atoms with Crippen molar-refractivity contribution in [3.8, 4) is 0 Å². The number of amides is 1. The molecule has 0 bridgehead atoms. The van der Waals surface area contributed by atoms with E-state index >= 15 is 0 Å². The highest BCUT2D eigenvalue weighted by atomic mass is 127. The molecule has 4 nitrogen and oxygen atoms in total. The highest BCUT2D eigenvalue weighted by Crippen LogP contribution is 2.23. The quantitative estimate of drug-likeness (QED) is 0.822. The Kier molecular flexibility index (Phi) is 3.95. The zero-order valence-electron chi connectivity index (χ0n) is 10.9. The molecule has 1 N–H and O–H groups in total. The lowest BCUT2D eigenvalue weighted by atomic mass is 10.2. The molecule has 2 heterocycles. The van der Waals surface area contributed by atoms with Gasteiger partial charge in [-0.25, -0.2) is 0 Å². The van der Waals surface area contributed by atoms with Gasteiger partial charge in [0.1, 0.15) is 5.76 Å². The molecule has 1 aliphatic heterocycles. The minimum Gasteiger partial charge on any atom is -0.454 e. The van der Waals surface area contributed by atoms with Crippen LogP contribution in [-0.2, 0) is 11.3 Å². The first-order valence-electron chi connectivity index (χ1n) is 6.61. The monoisotopic (exact) mass is 382 g/mol. The van der Waals surface area contributed by atoms with Gasteiger partial charge in [-0.15, -0.1) is 0 Å². The lowest BCUT2D eigenvalue weighted by molar-refractivity contribution is -0.117. The fourth-order valence-corrected chi connectivity index (χ4v) is 2.78. The average Bonchev–Trinajstić information content (AvgIpc) is 3.06. The number of nitrogens with zero attached hydrogens (tertiary/aromatic N) is 1. The van der Waals surface area contributed by atoms with Gasteiger partial charge >= 0.3 is 0 Å². The molecule has 5 heteroatoms. The summed E-state index contributed by atoms with van der Waals surface area (Å²) in [6, 6.07) is 11.9. The fourth-order valence-electron chi connectivity index (χ4n) is 2.32. The van der Waals surface area contributed by atoms with E-state index in [0.717, 1.165) is 33.9 Å². The molecule has 0 aliphatic carbocycles. The summed E-state index contributed by atoms with van der Waals surface area (Å²) in [6.07, 6.45) is 1.62. The van der Waals surface area contributed by atoms with Crippen LogP contribution >= 0.6 is 22.6 Å². The zero-order valence-corrected chi connectivity index (χ0v) is 13.1. The van der Waals surface area contributed by atoms with Gasteiger partial charge in [0.05, 0.1) is 6.54 Å². The lowest BCUT2D eigenvalue weighted by Gasteiger charge is -2.16. The molecule has 3 rings (SSSR count). The van der Waals surface area contributed by atoms with Crippen molar-refractivity contribution < 1.29 is 9.21 Å². The molecule has 1 fully saturated rings. The Morgan fingerprint density at radius 3 is 2.60 bits per heavy atom. The van der Waals surface area contributed by atoms with Crippen LogP contribution < -0.4 is 10.2 Å².